The summed E-state index contributed by atoms with van der Waals surface area (Å²) in [6.45, 7) is 6.52. The Hall–Kier alpha value is -2.21. The van der Waals surface area contributed by atoms with E-state index in [9.17, 15) is 9.59 Å². The van der Waals surface area contributed by atoms with Gasteiger partial charge in [0.1, 0.15) is 4.88 Å². The summed E-state index contributed by atoms with van der Waals surface area (Å²) >= 11 is 1.34. The normalized spacial score (nSPS) is 11.3. The van der Waals surface area contributed by atoms with Gasteiger partial charge in [0.15, 0.2) is 0 Å². The molecule has 6 heteroatoms. The molecule has 0 aliphatic rings. The zero-order chi connectivity index (χ0) is 17.0. The molecule has 1 heterocycles. The number of aromatic carboxylic acids is 1. The Balaban J connectivity index is 1.97. The first-order valence-corrected chi connectivity index (χ1v) is 8.21. The van der Waals surface area contributed by atoms with E-state index in [0.29, 0.717) is 17.8 Å². The summed E-state index contributed by atoms with van der Waals surface area (Å²) < 4.78 is 0. The van der Waals surface area contributed by atoms with Crippen molar-refractivity contribution in [1.82, 2.24) is 10.3 Å². The van der Waals surface area contributed by atoms with E-state index in [0.717, 1.165) is 11.3 Å². The highest BCUT2D eigenvalue weighted by Gasteiger charge is 2.24. The molecule has 0 aliphatic carbocycles. The second kappa shape index (κ2) is 6.91. The van der Waals surface area contributed by atoms with Gasteiger partial charge in [-0.3, -0.25) is 4.79 Å². The smallest absolute Gasteiger partial charge is 0.335 e. The van der Waals surface area contributed by atoms with E-state index < -0.39 is 5.97 Å². The van der Waals surface area contributed by atoms with Crippen molar-refractivity contribution in [3.05, 3.63) is 51.5 Å². The topological polar surface area (TPSA) is 79.3 Å². The Kier molecular flexibility index (Phi) is 5.15. The van der Waals surface area contributed by atoms with E-state index >= 15 is 0 Å². The number of nitrogens with one attached hydrogen (secondary N) is 1. The first kappa shape index (κ1) is 17.1. The molecule has 0 unspecified atom stereocenters. The summed E-state index contributed by atoms with van der Waals surface area (Å²) in [4.78, 5) is 28.2. The first-order chi connectivity index (χ1) is 10.8. The molecule has 0 bridgehead atoms. The number of carbonyl (C=O) groups excluding carboxylic acids is 1. The van der Waals surface area contributed by atoms with Crippen LogP contribution in [0.2, 0.25) is 0 Å². The third kappa shape index (κ3) is 4.39. The number of hydrogen-bond donors (Lipinski definition) is 2. The lowest BCUT2D eigenvalue weighted by Crippen LogP contribution is -2.28. The van der Waals surface area contributed by atoms with Gasteiger partial charge in [0, 0.05) is 12.0 Å². The lowest BCUT2D eigenvalue weighted by atomic mass is 9.91. The van der Waals surface area contributed by atoms with Crippen LogP contribution in [-0.4, -0.2) is 28.5 Å². The zero-order valence-corrected chi connectivity index (χ0v) is 14.2. The Bertz CT molecular complexity index is 717. The summed E-state index contributed by atoms with van der Waals surface area (Å²) in [6.07, 6.45) is 0.580. The standard InChI is InChI=1S/C17H20N2O3S/c1-17(2,3)14-13(23-10-19-14)15(20)18-8-7-11-5-4-6-12(9-11)16(21)22/h4-6,9-10H,7-8H2,1-3H3,(H,18,20)(H,21,22). The van der Waals surface area contributed by atoms with Crippen LogP contribution < -0.4 is 5.32 Å². The predicted molar refractivity (Wildman–Crippen MR) is 90.3 cm³/mol. The van der Waals surface area contributed by atoms with Gasteiger partial charge in [-0.15, -0.1) is 11.3 Å². The molecule has 0 saturated heterocycles. The van der Waals surface area contributed by atoms with E-state index in [-0.39, 0.29) is 16.9 Å². The number of rotatable bonds is 5. The Labute approximate surface area is 139 Å². The summed E-state index contributed by atoms with van der Waals surface area (Å²) in [5.41, 5.74) is 3.44. The molecule has 2 aromatic rings. The molecule has 0 saturated carbocycles. The fraction of sp³-hybridized carbons (Fsp3) is 0.353. The third-order valence-corrected chi connectivity index (χ3v) is 4.18. The molecule has 122 valence electrons. The minimum atomic E-state index is -0.949. The average Bonchev–Trinajstić information content (AvgIpc) is 2.97. The van der Waals surface area contributed by atoms with Crippen LogP contribution in [0, 0.1) is 0 Å². The minimum absolute atomic E-state index is 0.133. The van der Waals surface area contributed by atoms with E-state index in [1.165, 1.54) is 11.3 Å². The van der Waals surface area contributed by atoms with Crippen LogP contribution in [0.25, 0.3) is 0 Å². The molecule has 2 N–H and O–H groups in total. The van der Waals surface area contributed by atoms with Crippen molar-refractivity contribution in [3.63, 3.8) is 0 Å². The maximum atomic E-state index is 12.3. The van der Waals surface area contributed by atoms with Crippen LogP contribution in [0.3, 0.4) is 0 Å². The van der Waals surface area contributed by atoms with Crippen molar-refractivity contribution in [3.8, 4) is 0 Å². The molecule has 0 fully saturated rings. The lowest BCUT2D eigenvalue weighted by Gasteiger charge is -2.17. The molecule has 5 nitrogen and oxygen atoms in total. The number of hydrogen-bond acceptors (Lipinski definition) is 4. The highest BCUT2D eigenvalue weighted by Crippen LogP contribution is 2.26. The van der Waals surface area contributed by atoms with Gasteiger partial charge in [-0.25, -0.2) is 9.78 Å². The Morgan fingerprint density at radius 2 is 2.04 bits per heavy atom. The first-order valence-electron chi connectivity index (χ1n) is 7.33. The largest absolute Gasteiger partial charge is 0.478 e. The molecular weight excluding hydrogens is 312 g/mol. The monoisotopic (exact) mass is 332 g/mol. The average molecular weight is 332 g/mol. The number of thiazole rings is 1. The van der Waals surface area contributed by atoms with Crippen molar-refractivity contribution in [2.75, 3.05) is 6.54 Å². The zero-order valence-electron chi connectivity index (χ0n) is 13.4. The third-order valence-electron chi connectivity index (χ3n) is 3.36. The molecule has 23 heavy (non-hydrogen) atoms. The van der Waals surface area contributed by atoms with Gasteiger partial charge in [-0.1, -0.05) is 32.9 Å². The minimum Gasteiger partial charge on any atom is -0.478 e. The number of carboxylic acids is 1. The SMILES string of the molecule is CC(C)(C)c1ncsc1C(=O)NCCc1cccc(C(=O)O)c1. The molecule has 0 atom stereocenters. The van der Waals surface area contributed by atoms with Crippen molar-refractivity contribution < 1.29 is 14.7 Å². The molecule has 0 spiro atoms. The second-order valence-electron chi connectivity index (χ2n) is 6.29. The Morgan fingerprint density at radius 3 is 2.70 bits per heavy atom. The van der Waals surface area contributed by atoms with Crippen LogP contribution in [0.1, 0.15) is 52.1 Å². The summed E-state index contributed by atoms with van der Waals surface area (Å²) in [5.74, 6) is -1.08. The maximum absolute atomic E-state index is 12.3. The fourth-order valence-corrected chi connectivity index (χ4v) is 3.12. The van der Waals surface area contributed by atoms with Gasteiger partial charge in [-0.05, 0) is 24.1 Å². The molecule has 0 radical (unpaired) electrons. The number of aromatic nitrogens is 1. The van der Waals surface area contributed by atoms with Gasteiger partial charge in [0.2, 0.25) is 0 Å². The fourth-order valence-electron chi connectivity index (χ4n) is 2.20. The van der Waals surface area contributed by atoms with Crippen molar-refractivity contribution in [2.45, 2.75) is 32.6 Å². The highest BCUT2D eigenvalue weighted by molar-refractivity contribution is 7.11. The van der Waals surface area contributed by atoms with Crippen LogP contribution in [0.4, 0.5) is 0 Å². The van der Waals surface area contributed by atoms with E-state index in [2.05, 4.69) is 10.3 Å². The van der Waals surface area contributed by atoms with Gasteiger partial charge in [-0.2, -0.15) is 0 Å². The number of amides is 1. The van der Waals surface area contributed by atoms with Crippen LogP contribution in [0.15, 0.2) is 29.8 Å². The molecular formula is C17H20N2O3S. The number of carbonyl (C=O) groups is 2. The molecule has 0 aliphatic heterocycles. The van der Waals surface area contributed by atoms with Crippen molar-refractivity contribution >= 4 is 23.2 Å². The highest BCUT2D eigenvalue weighted by atomic mass is 32.1. The van der Waals surface area contributed by atoms with E-state index in [1.807, 2.05) is 26.8 Å². The second-order valence-corrected chi connectivity index (χ2v) is 7.15. The summed E-state index contributed by atoms with van der Waals surface area (Å²) in [6, 6.07) is 6.74. The molecule has 1 amide bonds. The van der Waals surface area contributed by atoms with Crippen LogP contribution in [0.5, 0.6) is 0 Å². The molecule has 1 aromatic carbocycles. The van der Waals surface area contributed by atoms with E-state index in [4.69, 9.17) is 5.11 Å². The predicted octanol–water partition coefficient (Wildman–Crippen LogP) is 3.11. The number of benzene rings is 1. The summed E-state index contributed by atoms with van der Waals surface area (Å²) in [5, 5.41) is 11.9. The molecule has 2 rings (SSSR count). The quantitative estimate of drug-likeness (QED) is 0.882. The number of nitrogens with zero attached hydrogens (tertiary/aromatic N) is 1. The van der Waals surface area contributed by atoms with Gasteiger partial charge in [0.25, 0.3) is 5.91 Å². The van der Waals surface area contributed by atoms with E-state index in [1.54, 1.807) is 23.7 Å². The van der Waals surface area contributed by atoms with Gasteiger partial charge < -0.3 is 10.4 Å². The van der Waals surface area contributed by atoms with Crippen molar-refractivity contribution in [2.24, 2.45) is 0 Å². The van der Waals surface area contributed by atoms with Crippen LogP contribution in [-0.2, 0) is 11.8 Å². The summed E-state index contributed by atoms with van der Waals surface area (Å²) in [7, 11) is 0. The lowest BCUT2D eigenvalue weighted by molar-refractivity contribution is 0.0696. The van der Waals surface area contributed by atoms with Crippen molar-refractivity contribution in [1.29, 1.82) is 0 Å². The van der Waals surface area contributed by atoms with Gasteiger partial charge in [0.05, 0.1) is 16.8 Å². The van der Waals surface area contributed by atoms with Crippen LogP contribution >= 0.6 is 11.3 Å². The van der Waals surface area contributed by atoms with Gasteiger partial charge >= 0.3 is 5.97 Å². The molecule has 1 aromatic heterocycles. The maximum Gasteiger partial charge on any atom is 0.335 e. The number of carboxylic acid groups (broad SMARTS) is 1. The Morgan fingerprint density at radius 1 is 1.30 bits per heavy atom.